The van der Waals surface area contributed by atoms with Crippen LogP contribution in [0, 0.1) is 0 Å². The fraction of sp³-hybridized carbons (Fsp3) is 1.00. The second kappa shape index (κ2) is 6.06. The zero-order valence-electron chi connectivity index (χ0n) is 10.1. The fourth-order valence-electron chi connectivity index (χ4n) is 1.17. The Labute approximate surface area is 98.8 Å². The molecule has 0 aliphatic heterocycles. The van der Waals surface area contributed by atoms with Crippen LogP contribution in [0.5, 0.6) is 0 Å². The van der Waals surface area contributed by atoms with Crippen LogP contribution in [0.3, 0.4) is 0 Å². The Morgan fingerprint density at radius 3 is 2.07 bits per heavy atom. The summed E-state index contributed by atoms with van der Waals surface area (Å²) in [5.41, 5.74) is 0. The molecule has 0 aromatic heterocycles. The SMILES string of the molecule is CCCCN(CCCl)S(=O)(=O)C(C)(C)C. The Balaban J connectivity index is 4.75. The number of unbranched alkanes of at least 4 members (excludes halogenated alkanes) is 1. The molecule has 0 amide bonds. The maximum absolute atomic E-state index is 12.1. The van der Waals surface area contributed by atoms with Gasteiger partial charge in [0.25, 0.3) is 0 Å². The molecule has 0 rings (SSSR count). The molecule has 0 atom stereocenters. The van der Waals surface area contributed by atoms with E-state index in [9.17, 15) is 8.42 Å². The Morgan fingerprint density at radius 2 is 1.73 bits per heavy atom. The van der Waals surface area contributed by atoms with Crippen LogP contribution in [0.25, 0.3) is 0 Å². The van der Waals surface area contributed by atoms with E-state index in [2.05, 4.69) is 0 Å². The van der Waals surface area contributed by atoms with Gasteiger partial charge in [-0.05, 0) is 27.2 Å². The molecule has 15 heavy (non-hydrogen) atoms. The summed E-state index contributed by atoms with van der Waals surface area (Å²) in [6.07, 6.45) is 1.87. The highest BCUT2D eigenvalue weighted by Gasteiger charge is 2.34. The van der Waals surface area contributed by atoms with Gasteiger partial charge >= 0.3 is 0 Å². The summed E-state index contributed by atoms with van der Waals surface area (Å²) in [5.74, 6) is 0.346. The van der Waals surface area contributed by atoms with E-state index >= 15 is 0 Å². The molecule has 0 N–H and O–H groups in total. The molecule has 92 valence electrons. The Morgan fingerprint density at radius 1 is 1.20 bits per heavy atom. The average Bonchev–Trinajstić information content (AvgIpc) is 2.10. The average molecular weight is 256 g/mol. The van der Waals surface area contributed by atoms with Crippen molar-refractivity contribution in [3.63, 3.8) is 0 Å². The molecule has 3 nitrogen and oxygen atoms in total. The van der Waals surface area contributed by atoms with Gasteiger partial charge in [0.2, 0.25) is 10.0 Å². The first kappa shape index (κ1) is 15.2. The molecular weight excluding hydrogens is 234 g/mol. The summed E-state index contributed by atoms with van der Waals surface area (Å²) in [4.78, 5) is 0. The van der Waals surface area contributed by atoms with Crippen molar-refractivity contribution in [2.45, 2.75) is 45.3 Å². The molecule has 0 radical (unpaired) electrons. The summed E-state index contributed by atoms with van der Waals surface area (Å²) in [6.45, 7) is 8.17. The molecule has 0 aromatic carbocycles. The van der Waals surface area contributed by atoms with Crippen molar-refractivity contribution in [1.29, 1.82) is 0 Å². The van der Waals surface area contributed by atoms with E-state index in [1.807, 2.05) is 6.92 Å². The first-order valence-corrected chi connectivity index (χ1v) is 7.30. The minimum Gasteiger partial charge on any atom is -0.212 e. The third-order valence-electron chi connectivity index (χ3n) is 2.21. The Kier molecular flexibility index (Phi) is 6.14. The van der Waals surface area contributed by atoms with Gasteiger partial charge in [-0.25, -0.2) is 12.7 Å². The molecule has 0 aliphatic carbocycles. The van der Waals surface area contributed by atoms with E-state index in [4.69, 9.17) is 11.6 Å². The first-order valence-electron chi connectivity index (χ1n) is 5.33. The van der Waals surface area contributed by atoms with Crippen LogP contribution in [-0.4, -0.2) is 36.4 Å². The summed E-state index contributed by atoms with van der Waals surface area (Å²) < 4.78 is 25.0. The van der Waals surface area contributed by atoms with Crippen molar-refractivity contribution >= 4 is 21.6 Å². The standard InChI is InChI=1S/C10H22ClNO2S/c1-5-6-8-12(9-7-11)15(13,14)10(2,3)4/h5-9H2,1-4H3. The second-order valence-electron chi connectivity index (χ2n) is 4.56. The largest absolute Gasteiger partial charge is 0.219 e. The molecule has 0 spiro atoms. The quantitative estimate of drug-likeness (QED) is 0.684. The van der Waals surface area contributed by atoms with Gasteiger partial charge in [-0.3, -0.25) is 0 Å². The summed E-state index contributed by atoms with van der Waals surface area (Å²) >= 11 is 5.63. The van der Waals surface area contributed by atoms with Crippen LogP contribution in [0.4, 0.5) is 0 Å². The summed E-state index contributed by atoms with van der Waals surface area (Å²) in [5, 5.41) is 0. The highest BCUT2D eigenvalue weighted by molar-refractivity contribution is 7.90. The number of nitrogens with zero attached hydrogens (tertiary/aromatic N) is 1. The number of hydrogen-bond donors (Lipinski definition) is 0. The van der Waals surface area contributed by atoms with E-state index in [0.29, 0.717) is 19.0 Å². The molecule has 0 fully saturated rings. The normalized spacial score (nSPS) is 13.5. The second-order valence-corrected chi connectivity index (χ2v) is 7.63. The summed E-state index contributed by atoms with van der Waals surface area (Å²) in [7, 11) is -3.22. The van der Waals surface area contributed by atoms with Crippen molar-refractivity contribution in [2.75, 3.05) is 19.0 Å². The third kappa shape index (κ3) is 4.29. The van der Waals surface area contributed by atoms with Gasteiger partial charge in [-0.2, -0.15) is 0 Å². The van der Waals surface area contributed by atoms with Gasteiger partial charge in [0.1, 0.15) is 0 Å². The Hall–Kier alpha value is 0.200. The molecule has 5 heteroatoms. The maximum Gasteiger partial charge on any atom is 0.219 e. The van der Waals surface area contributed by atoms with Gasteiger partial charge in [0.05, 0.1) is 4.75 Å². The smallest absolute Gasteiger partial charge is 0.212 e. The monoisotopic (exact) mass is 255 g/mol. The predicted octanol–water partition coefficient (Wildman–Crippen LogP) is 2.46. The van der Waals surface area contributed by atoms with Gasteiger partial charge in [-0.15, -0.1) is 11.6 Å². The van der Waals surface area contributed by atoms with Gasteiger partial charge in [-0.1, -0.05) is 13.3 Å². The molecule has 0 aliphatic rings. The zero-order chi connectivity index (χ0) is 12.1. The number of rotatable bonds is 6. The molecule has 0 saturated carbocycles. The van der Waals surface area contributed by atoms with Crippen molar-refractivity contribution in [2.24, 2.45) is 0 Å². The van der Waals surface area contributed by atoms with E-state index in [1.165, 1.54) is 4.31 Å². The van der Waals surface area contributed by atoms with Crippen LogP contribution in [-0.2, 0) is 10.0 Å². The van der Waals surface area contributed by atoms with Gasteiger partial charge < -0.3 is 0 Å². The molecule has 0 unspecified atom stereocenters. The number of sulfonamides is 1. The highest BCUT2D eigenvalue weighted by Crippen LogP contribution is 2.20. The topological polar surface area (TPSA) is 37.4 Å². The van der Waals surface area contributed by atoms with Crippen LogP contribution in [0.15, 0.2) is 0 Å². The van der Waals surface area contributed by atoms with Gasteiger partial charge in [0.15, 0.2) is 0 Å². The molecule has 0 bridgehead atoms. The predicted molar refractivity (Wildman–Crippen MR) is 65.9 cm³/mol. The lowest BCUT2D eigenvalue weighted by molar-refractivity contribution is 0.403. The van der Waals surface area contributed by atoms with Crippen LogP contribution < -0.4 is 0 Å². The minimum atomic E-state index is -3.22. The molecule has 0 saturated heterocycles. The maximum atomic E-state index is 12.1. The lowest BCUT2D eigenvalue weighted by Gasteiger charge is -2.29. The van der Waals surface area contributed by atoms with E-state index in [0.717, 1.165) is 12.8 Å². The van der Waals surface area contributed by atoms with Crippen molar-refractivity contribution < 1.29 is 8.42 Å². The van der Waals surface area contributed by atoms with E-state index < -0.39 is 14.8 Å². The first-order chi connectivity index (χ1) is 6.77. The minimum absolute atomic E-state index is 0.346. The number of hydrogen-bond acceptors (Lipinski definition) is 2. The Bertz CT molecular complexity index is 270. The lowest BCUT2D eigenvalue weighted by Crippen LogP contribution is -2.44. The van der Waals surface area contributed by atoms with Crippen LogP contribution in [0.1, 0.15) is 40.5 Å². The van der Waals surface area contributed by atoms with E-state index in [-0.39, 0.29) is 0 Å². The number of halogens is 1. The lowest BCUT2D eigenvalue weighted by atomic mass is 10.3. The van der Waals surface area contributed by atoms with Gasteiger partial charge in [0, 0.05) is 19.0 Å². The molecule has 0 heterocycles. The summed E-state index contributed by atoms with van der Waals surface area (Å²) in [6, 6.07) is 0. The highest BCUT2D eigenvalue weighted by atomic mass is 35.5. The fourth-order valence-corrected chi connectivity index (χ4v) is 2.95. The zero-order valence-corrected chi connectivity index (χ0v) is 11.7. The third-order valence-corrected chi connectivity index (χ3v) is 4.97. The molecule has 0 aromatic rings. The van der Waals surface area contributed by atoms with Crippen molar-refractivity contribution in [3.8, 4) is 0 Å². The van der Waals surface area contributed by atoms with Crippen LogP contribution in [0.2, 0.25) is 0 Å². The van der Waals surface area contributed by atoms with Crippen molar-refractivity contribution in [1.82, 2.24) is 4.31 Å². The number of alkyl halides is 1. The molecular formula is C10H22ClNO2S. The van der Waals surface area contributed by atoms with Crippen molar-refractivity contribution in [3.05, 3.63) is 0 Å². The van der Waals surface area contributed by atoms with E-state index in [1.54, 1.807) is 20.8 Å². The van der Waals surface area contributed by atoms with Crippen LogP contribution >= 0.6 is 11.6 Å².